The van der Waals surface area contributed by atoms with Crippen LogP contribution in [0.15, 0.2) is 12.1 Å². The highest BCUT2D eigenvalue weighted by atomic mass is 32.3. The number of nitrogens with zero attached hydrogens (tertiary/aromatic N) is 4. The van der Waals surface area contributed by atoms with E-state index in [2.05, 4.69) is 18.1 Å². The Kier molecular flexibility index (Phi) is 11.6. The molecule has 2 atom stereocenters. The Morgan fingerprint density at radius 2 is 1.25 bits per heavy atom. The van der Waals surface area contributed by atoms with E-state index in [0.717, 1.165) is 0 Å². The van der Waals surface area contributed by atoms with Gasteiger partial charge in [0.1, 0.15) is 11.5 Å². The number of hydrogen-bond donors (Lipinski definition) is 4. The van der Waals surface area contributed by atoms with Crippen molar-refractivity contribution in [2.24, 2.45) is 11.8 Å². The van der Waals surface area contributed by atoms with Crippen LogP contribution in [0, 0.1) is 47.6 Å². The number of benzene rings is 1. The zero-order valence-electron chi connectivity index (χ0n) is 19.0. The van der Waals surface area contributed by atoms with Gasteiger partial charge in [0, 0.05) is 22.3 Å². The molecule has 1 rings (SSSR count). The Bertz CT molecular complexity index is 1310. The molecular formula is C20H22N4O10S2. The molecule has 194 valence electrons. The van der Waals surface area contributed by atoms with E-state index in [1.54, 1.807) is 19.1 Å². The summed E-state index contributed by atoms with van der Waals surface area (Å²) in [7, 11) is -4.67. The van der Waals surface area contributed by atoms with Crippen molar-refractivity contribution in [2.45, 2.75) is 13.8 Å². The van der Waals surface area contributed by atoms with Crippen molar-refractivity contribution in [1.82, 2.24) is 0 Å². The molecule has 1 aromatic carbocycles. The van der Waals surface area contributed by atoms with Crippen molar-refractivity contribution >= 4 is 32.9 Å². The van der Waals surface area contributed by atoms with Crippen LogP contribution in [0.5, 0.6) is 11.5 Å². The molecule has 1 aromatic rings. The van der Waals surface area contributed by atoms with Crippen LogP contribution >= 0.6 is 11.2 Å². The van der Waals surface area contributed by atoms with Gasteiger partial charge in [-0.3, -0.25) is 22.4 Å². The molecule has 36 heavy (non-hydrogen) atoms. The van der Waals surface area contributed by atoms with E-state index in [0.29, 0.717) is 0 Å². The second kappa shape index (κ2) is 13.6. The van der Waals surface area contributed by atoms with E-state index in [4.69, 9.17) is 40.8 Å². The first-order chi connectivity index (χ1) is 16.7. The molecule has 0 aliphatic carbocycles. The summed E-state index contributed by atoms with van der Waals surface area (Å²) in [6.45, 7) is 16.6. The van der Waals surface area contributed by atoms with Crippen LogP contribution in [0.2, 0.25) is 0 Å². The summed E-state index contributed by atoms with van der Waals surface area (Å²) in [5.41, 5.74) is -0.811. The molecule has 0 aliphatic rings. The zero-order chi connectivity index (χ0) is 27.5. The Hall–Kier alpha value is -3.42. The van der Waals surface area contributed by atoms with Gasteiger partial charge >= 0.3 is 10.4 Å². The quantitative estimate of drug-likeness (QED) is 0.220. The molecule has 16 heteroatoms. The van der Waals surface area contributed by atoms with Crippen molar-refractivity contribution in [3.63, 3.8) is 0 Å². The van der Waals surface area contributed by atoms with Crippen molar-refractivity contribution in [1.29, 1.82) is 10.5 Å². The molecule has 0 saturated heterocycles. The Morgan fingerprint density at radius 1 is 0.861 bits per heavy atom. The summed E-state index contributed by atoms with van der Waals surface area (Å²) in [5, 5.41) is 18.7. The van der Waals surface area contributed by atoms with Crippen molar-refractivity contribution in [2.75, 3.05) is 26.4 Å². The molecular weight excluding hydrogens is 520 g/mol. The molecule has 0 aliphatic heterocycles. The van der Waals surface area contributed by atoms with E-state index in [1.807, 2.05) is 0 Å². The minimum Gasteiger partial charge on any atom is -0.494 e. The number of ether oxygens (including phenoxy) is 2. The molecule has 0 heterocycles. The fraction of sp³-hybridized carbons (Fsp3) is 0.400. The summed E-state index contributed by atoms with van der Waals surface area (Å²) in [4.78, 5) is 6.28. The first-order valence-electron chi connectivity index (χ1n) is 9.74. The highest BCUT2D eigenvalue weighted by Crippen LogP contribution is 2.34. The van der Waals surface area contributed by atoms with Crippen LogP contribution in [0.3, 0.4) is 0 Å². The molecule has 4 N–H and O–H groups in total. The number of nitriles is 2. The maximum atomic E-state index is 10.8. The highest BCUT2D eigenvalue weighted by Gasteiger charge is 2.17. The number of hydrogen-bond acceptors (Lipinski definition) is 11. The Labute approximate surface area is 209 Å². The predicted molar refractivity (Wildman–Crippen MR) is 125 cm³/mol. The Morgan fingerprint density at radius 3 is 1.56 bits per heavy atom. The standard InChI is InChI=1S/C20H22N4O10S2/c1-13(11-33-35(25,26)27)9-31-19-5-16(18(8-22)24-4)20(6-15(19)17(7-21)23-3)32-10-14(2)12-34-36(28,29)30/h5-6,13-14,25-27H,9-12H2,1-2H3,(H,28,29,30). The Balaban J connectivity index is 3.47. The molecule has 0 aromatic heterocycles. The monoisotopic (exact) mass is 542 g/mol. The third kappa shape index (κ3) is 10.5. The van der Waals surface area contributed by atoms with Gasteiger partial charge in [-0.2, -0.15) is 8.42 Å². The predicted octanol–water partition coefficient (Wildman–Crippen LogP) is 1.79. The summed E-state index contributed by atoms with van der Waals surface area (Å²) in [5.74, 6) is -1.24. The smallest absolute Gasteiger partial charge is 0.397 e. The SMILES string of the molecule is [C-]#[N+]C(C#N)=c1cc(OCC(C)COS(=O)(=O)O)c(=C(C#N)[N+]#[C-])cc1OCC(C)COS(O)(O)O. The van der Waals surface area contributed by atoms with Crippen LogP contribution in [-0.2, 0) is 18.8 Å². The van der Waals surface area contributed by atoms with E-state index in [-0.39, 0.29) is 41.8 Å². The fourth-order valence-corrected chi connectivity index (χ4v) is 3.25. The maximum absolute atomic E-state index is 10.8. The normalized spacial score (nSPS) is 15.2. The van der Waals surface area contributed by atoms with Crippen LogP contribution in [0.4, 0.5) is 0 Å². The second-order valence-electron chi connectivity index (χ2n) is 7.29. The lowest BCUT2D eigenvalue weighted by Gasteiger charge is -2.21. The van der Waals surface area contributed by atoms with E-state index < -0.39 is 51.4 Å². The summed E-state index contributed by atoms with van der Waals surface area (Å²) in [6.07, 6.45) is 0. The van der Waals surface area contributed by atoms with Crippen LogP contribution in [-0.4, -0.2) is 53.1 Å². The second-order valence-corrected chi connectivity index (χ2v) is 9.55. The topological polar surface area (TPSA) is 208 Å². The van der Waals surface area contributed by atoms with Gasteiger partial charge in [-0.25, -0.2) is 24.4 Å². The first-order valence-corrected chi connectivity index (χ1v) is 12.5. The van der Waals surface area contributed by atoms with E-state index in [9.17, 15) is 18.9 Å². The highest BCUT2D eigenvalue weighted by molar-refractivity contribution is 8.15. The van der Waals surface area contributed by atoms with Gasteiger partial charge in [-0.1, -0.05) is 13.8 Å². The summed E-state index contributed by atoms with van der Waals surface area (Å²) in [6, 6.07) is 5.84. The molecule has 0 spiro atoms. The van der Waals surface area contributed by atoms with Gasteiger partial charge in [0.25, 0.3) is 11.4 Å². The van der Waals surface area contributed by atoms with Gasteiger partial charge < -0.3 is 9.47 Å². The first kappa shape index (κ1) is 30.6. The lowest BCUT2D eigenvalue weighted by Crippen LogP contribution is -2.24. The fourth-order valence-electron chi connectivity index (χ4n) is 2.43. The summed E-state index contributed by atoms with van der Waals surface area (Å²) < 4.78 is 77.0. The van der Waals surface area contributed by atoms with E-state index in [1.165, 1.54) is 19.1 Å². The van der Waals surface area contributed by atoms with Gasteiger partial charge in [-0.15, -0.1) is 0 Å². The van der Waals surface area contributed by atoms with E-state index >= 15 is 0 Å². The molecule has 14 nitrogen and oxygen atoms in total. The largest absolute Gasteiger partial charge is 0.494 e. The lowest BCUT2D eigenvalue weighted by atomic mass is 10.1. The minimum absolute atomic E-state index is 0.0325. The lowest BCUT2D eigenvalue weighted by molar-refractivity contribution is 0.148. The summed E-state index contributed by atoms with van der Waals surface area (Å²) >= 11 is -4.18. The maximum Gasteiger partial charge on any atom is 0.397 e. The molecule has 0 radical (unpaired) electrons. The van der Waals surface area contributed by atoms with Gasteiger partial charge in [0.15, 0.2) is 0 Å². The third-order valence-corrected chi connectivity index (χ3v) is 4.97. The molecule has 0 saturated carbocycles. The van der Waals surface area contributed by atoms with Gasteiger partial charge in [0.2, 0.25) is 11.2 Å². The average molecular weight is 543 g/mol. The molecule has 0 bridgehead atoms. The molecule has 2 unspecified atom stereocenters. The minimum atomic E-state index is -4.67. The molecule has 0 amide bonds. The average Bonchev–Trinajstić information content (AvgIpc) is 2.80. The zero-order valence-corrected chi connectivity index (χ0v) is 20.6. The van der Waals surface area contributed by atoms with Crippen molar-refractivity contribution in [3.8, 4) is 23.6 Å². The van der Waals surface area contributed by atoms with Crippen LogP contribution in [0.1, 0.15) is 13.8 Å². The van der Waals surface area contributed by atoms with Crippen molar-refractivity contribution in [3.05, 3.63) is 45.4 Å². The third-order valence-electron chi connectivity index (χ3n) is 4.09. The van der Waals surface area contributed by atoms with Gasteiger partial charge in [-0.05, 0) is 12.1 Å². The van der Waals surface area contributed by atoms with Crippen LogP contribution < -0.4 is 19.9 Å². The number of rotatable bonds is 12. The van der Waals surface area contributed by atoms with Gasteiger partial charge in [0.05, 0.1) is 51.7 Å². The molecule has 0 fully saturated rings. The van der Waals surface area contributed by atoms with Crippen molar-refractivity contribution < 1.29 is 44.5 Å². The van der Waals surface area contributed by atoms with Crippen LogP contribution in [0.25, 0.3) is 21.1 Å².